The number of ether oxygens (including phenoxy) is 1. The largest absolute Gasteiger partial charge is 0.495 e. The second-order valence-electron chi connectivity index (χ2n) is 4.54. The molecular formula is C14H22N6O2. The van der Waals surface area contributed by atoms with Gasteiger partial charge in [-0.1, -0.05) is 13.3 Å². The Morgan fingerprint density at radius 2 is 2.05 bits per heavy atom. The van der Waals surface area contributed by atoms with Crippen LogP contribution in [0.15, 0.2) is 28.2 Å². The van der Waals surface area contributed by atoms with Gasteiger partial charge in [-0.15, -0.1) is 0 Å². The fourth-order valence-corrected chi connectivity index (χ4v) is 1.70. The Kier molecular flexibility index (Phi) is 6.68. The van der Waals surface area contributed by atoms with E-state index >= 15 is 0 Å². The molecule has 0 saturated carbocycles. The van der Waals surface area contributed by atoms with Gasteiger partial charge in [-0.05, 0) is 24.6 Å². The van der Waals surface area contributed by atoms with E-state index in [0.717, 1.165) is 12.8 Å². The highest BCUT2D eigenvalue weighted by Gasteiger charge is 2.08. The maximum Gasteiger partial charge on any atom is 0.224 e. The second-order valence-corrected chi connectivity index (χ2v) is 4.54. The van der Waals surface area contributed by atoms with E-state index in [2.05, 4.69) is 15.3 Å². The Hall–Kier alpha value is -2.77. The third-order valence-electron chi connectivity index (χ3n) is 2.70. The van der Waals surface area contributed by atoms with Crippen LogP contribution in [-0.2, 0) is 4.79 Å². The van der Waals surface area contributed by atoms with Gasteiger partial charge in [0.1, 0.15) is 5.75 Å². The van der Waals surface area contributed by atoms with E-state index in [1.54, 1.807) is 18.2 Å². The van der Waals surface area contributed by atoms with E-state index < -0.39 is 0 Å². The van der Waals surface area contributed by atoms with Crippen LogP contribution in [-0.4, -0.2) is 24.9 Å². The maximum absolute atomic E-state index is 11.8. The molecule has 1 amide bonds. The van der Waals surface area contributed by atoms with Crippen LogP contribution in [0, 0.1) is 0 Å². The summed E-state index contributed by atoms with van der Waals surface area (Å²) in [5, 5.41) is 2.79. The number of benzene rings is 1. The first-order valence-electron chi connectivity index (χ1n) is 6.88. The summed E-state index contributed by atoms with van der Waals surface area (Å²) in [5.41, 5.74) is 17.0. The third-order valence-corrected chi connectivity index (χ3v) is 2.70. The van der Waals surface area contributed by atoms with Gasteiger partial charge in [0.15, 0.2) is 5.96 Å². The van der Waals surface area contributed by atoms with Crippen molar-refractivity contribution in [2.45, 2.75) is 26.2 Å². The van der Waals surface area contributed by atoms with Gasteiger partial charge in [0.25, 0.3) is 0 Å². The van der Waals surface area contributed by atoms with Gasteiger partial charge in [0.05, 0.1) is 18.5 Å². The second kappa shape index (κ2) is 8.50. The number of nitrogens with two attached hydrogens (primary N) is 3. The molecule has 120 valence electrons. The first-order chi connectivity index (χ1) is 10.5. The first-order valence-corrected chi connectivity index (χ1v) is 6.88. The van der Waals surface area contributed by atoms with Crippen LogP contribution in [0.3, 0.4) is 0 Å². The van der Waals surface area contributed by atoms with Crippen molar-refractivity contribution in [2.75, 3.05) is 12.4 Å². The maximum atomic E-state index is 11.8. The Morgan fingerprint density at radius 1 is 1.32 bits per heavy atom. The van der Waals surface area contributed by atoms with E-state index in [0.29, 0.717) is 23.5 Å². The molecule has 0 aliphatic heterocycles. The summed E-state index contributed by atoms with van der Waals surface area (Å²) in [5.74, 6) is 0.193. The number of nitrogens with zero attached hydrogens (tertiary/aromatic N) is 2. The van der Waals surface area contributed by atoms with Crippen LogP contribution in [0.2, 0.25) is 0 Å². The lowest BCUT2D eigenvalue weighted by molar-refractivity contribution is -0.116. The fourth-order valence-electron chi connectivity index (χ4n) is 1.70. The van der Waals surface area contributed by atoms with Gasteiger partial charge in [-0.3, -0.25) is 4.79 Å². The number of unbranched alkanes of at least 4 members (excludes halogenated alkanes) is 1. The minimum Gasteiger partial charge on any atom is -0.495 e. The van der Waals surface area contributed by atoms with Gasteiger partial charge in [-0.2, -0.15) is 4.99 Å². The lowest BCUT2D eigenvalue weighted by Crippen LogP contribution is -2.26. The topological polar surface area (TPSA) is 141 Å². The van der Waals surface area contributed by atoms with Crippen LogP contribution in [0.1, 0.15) is 26.2 Å². The number of amides is 1. The normalized spacial score (nSPS) is 10.9. The highest BCUT2D eigenvalue weighted by molar-refractivity contribution is 5.95. The van der Waals surface area contributed by atoms with E-state index in [9.17, 15) is 4.79 Å². The zero-order chi connectivity index (χ0) is 16.5. The molecule has 0 aliphatic carbocycles. The third kappa shape index (κ3) is 5.70. The molecule has 0 spiro atoms. The Morgan fingerprint density at radius 3 is 2.64 bits per heavy atom. The SMILES string of the molecule is CCCCC(=O)Nc1cc(N=C(N)N=C(N)N)ccc1OC. The molecule has 0 atom stereocenters. The van der Waals surface area contributed by atoms with E-state index in [1.807, 2.05) is 6.92 Å². The molecule has 8 heteroatoms. The molecule has 0 saturated heterocycles. The van der Waals surface area contributed by atoms with Crippen LogP contribution < -0.4 is 27.3 Å². The molecule has 0 radical (unpaired) electrons. The number of anilines is 1. The standard InChI is InChI=1S/C14H22N6O2/c1-3-4-5-12(21)19-10-8-9(6-7-11(10)22-2)18-14(17)20-13(15)16/h6-8H,3-5H2,1-2H3,(H,19,21)(H6,15,16,17,18,20). The number of carbonyl (C=O) groups is 1. The summed E-state index contributed by atoms with van der Waals surface area (Å²) in [6, 6.07) is 4.99. The van der Waals surface area contributed by atoms with Crippen LogP contribution in [0.25, 0.3) is 0 Å². The molecular weight excluding hydrogens is 284 g/mol. The summed E-state index contributed by atoms with van der Waals surface area (Å²) < 4.78 is 5.21. The summed E-state index contributed by atoms with van der Waals surface area (Å²) in [4.78, 5) is 19.5. The van der Waals surface area contributed by atoms with Crippen molar-refractivity contribution >= 4 is 29.2 Å². The monoisotopic (exact) mass is 306 g/mol. The molecule has 1 rings (SSSR count). The van der Waals surface area contributed by atoms with Crippen molar-refractivity contribution in [2.24, 2.45) is 27.2 Å². The quantitative estimate of drug-likeness (QED) is 0.459. The van der Waals surface area contributed by atoms with Crippen molar-refractivity contribution in [3.63, 3.8) is 0 Å². The molecule has 0 unspecified atom stereocenters. The van der Waals surface area contributed by atoms with Gasteiger partial charge < -0.3 is 27.3 Å². The molecule has 22 heavy (non-hydrogen) atoms. The van der Waals surface area contributed by atoms with Crippen LogP contribution >= 0.6 is 0 Å². The molecule has 0 fully saturated rings. The number of hydrogen-bond donors (Lipinski definition) is 4. The zero-order valence-electron chi connectivity index (χ0n) is 12.8. The number of rotatable bonds is 6. The number of hydrogen-bond acceptors (Lipinski definition) is 3. The number of methoxy groups -OCH3 is 1. The smallest absolute Gasteiger partial charge is 0.224 e. The molecule has 0 bridgehead atoms. The first kappa shape index (κ1) is 17.3. The van der Waals surface area contributed by atoms with Crippen molar-refractivity contribution in [1.82, 2.24) is 0 Å². The predicted molar refractivity (Wildman–Crippen MR) is 88.2 cm³/mol. The van der Waals surface area contributed by atoms with Crippen molar-refractivity contribution in [3.8, 4) is 5.75 Å². The van der Waals surface area contributed by atoms with Crippen molar-refractivity contribution < 1.29 is 9.53 Å². The van der Waals surface area contributed by atoms with Gasteiger partial charge in [-0.25, -0.2) is 4.99 Å². The van der Waals surface area contributed by atoms with E-state index in [4.69, 9.17) is 21.9 Å². The highest BCUT2D eigenvalue weighted by Crippen LogP contribution is 2.29. The lowest BCUT2D eigenvalue weighted by atomic mass is 10.2. The molecule has 1 aromatic rings. The minimum atomic E-state index is -0.178. The Labute approximate surface area is 129 Å². The Bertz CT molecular complexity index is 579. The van der Waals surface area contributed by atoms with Gasteiger partial charge in [0.2, 0.25) is 11.9 Å². The van der Waals surface area contributed by atoms with Crippen molar-refractivity contribution in [3.05, 3.63) is 18.2 Å². The van der Waals surface area contributed by atoms with Gasteiger partial charge in [0, 0.05) is 6.42 Å². The zero-order valence-corrected chi connectivity index (χ0v) is 12.8. The molecule has 1 aromatic carbocycles. The van der Waals surface area contributed by atoms with E-state index in [1.165, 1.54) is 7.11 Å². The van der Waals surface area contributed by atoms with Crippen LogP contribution in [0.4, 0.5) is 11.4 Å². The highest BCUT2D eigenvalue weighted by atomic mass is 16.5. The summed E-state index contributed by atoms with van der Waals surface area (Å²) >= 11 is 0. The number of guanidine groups is 2. The average molecular weight is 306 g/mol. The molecule has 0 aliphatic rings. The fraction of sp³-hybridized carbons (Fsp3) is 0.357. The summed E-state index contributed by atoms with van der Waals surface area (Å²) in [7, 11) is 1.52. The predicted octanol–water partition coefficient (Wildman–Crippen LogP) is 1.04. The molecule has 8 nitrogen and oxygen atoms in total. The Balaban J connectivity index is 2.98. The van der Waals surface area contributed by atoms with E-state index in [-0.39, 0.29) is 17.8 Å². The minimum absolute atomic E-state index is 0.0755. The number of carbonyl (C=O) groups excluding carboxylic acids is 1. The van der Waals surface area contributed by atoms with Gasteiger partial charge >= 0.3 is 0 Å². The van der Waals surface area contributed by atoms with Crippen molar-refractivity contribution in [1.29, 1.82) is 0 Å². The molecule has 0 heterocycles. The number of nitrogens with one attached hydrogen (secondary N) is 1. The summed E-state index contributed by atoms with van der Waals surface area (Å²) in [6.07, 6.45) is 2.22. The average Bonchev–Trinajstić information content (AvgIpc) is 2.44. The number of aliphatic imine (C=N–C) groups is 2. The summed E-state index contributed by atoms with van der Waals surface area (Å²) in [6.45, 7) is 2.02. The lowest BCUT2D eigenvalue weighted by Gasteiger charge is -2.10. The molecule has 0 aromatic heterocycles. The van der Waals surface area contributed by atoms with Crippen LogP contribution in [0.5, 0.6) is 5.75 Å². The molecule has 7 N–H and O–H groups in total.